The minimum Gasteiger partial charge on any atom is -0.354 e. The number of rotatable bonds is 2. The first-order valence-corrected chi connectivity index (χ1v) is 6.15. The Morgan fingerprint density at radius 1 is 1.56 bits per heavy atom. The van der Waals surface area contributed by atoms with Crippen LogP contribution in [0.1, 0.15) is 30.3 Å². The highest BCUT2D eigenvalue weighted by atomic mass is 32.1. The first-order chi connectivity index (χ1) is 7.58. The van der Waals surface area contributed by atoms with Crippen molar-refractivity contribution in [1.29, 1.82) is 0 Å². The number of hydrogen-bond acceptors (Lipinski definition) is 4. The fourth-order valence-electron chi connectivity index (χ4n) is 1.59. The van der Waals surface area contributed by atoms with Gasteiger partial charge in [0.15, 0.2) is 12.0 Å². The zero-order valence-corrected chi connectivity index (χ0v) is 10.4. The molecule has 86 valence electrons. The number of hydrogen-bond donors (Lipinski definition) is 2. The Morgan fingerprint density at radius 3 is 2.88 bits per heavy atom. The van der Waals surface area contributed by atoms with Gasteiger partial charge in [-0.25, -0.2) is 4.99 Å². The molecule has 1 aromatic heterocycles. The summed E-state index contributed by atoms with van der Waals surface area (Å²) in [6.45, 7) is 6.03. The fourth-order valence-corrected chi connectivity index (χ4v) is 2.56. The van der Waals surface area contributed by atoms with Crippen LogP contribution in [0.15, 0.2) is 16.4 Å². The fraction of sp³-hybridized carbons (Fsp3) is 0.455. The van der Waals surface area contributed by atoms with Gasteiger partial charge < -0.3 is 5.32 Å². The Bertz CT molecular complexity index is 436. The van der Waals surface area contributed by atoms with Crippen LogP contribution >= 0.6 is 11.3 Å². The molecule has 0 aliphatic carbocycles. The summed E-state index contributed by atoms with van der Waals surface area (Å²) in [6, 6.07) is 1.90. The SMILES string of the molecule is Cc1ccsc1C1N=C(NC(C)C)NC1=O. The molecule has 1 aliphatic rings. The standard InChI is InChI=1S/C11H15N3OS/c1-6(2)12-11-13-8(10(15)14-11)9-7(3)4-5-16-9/h4-6,8H,1-3H3,(H2,12,13,14,15). The molecule has 4 nitrogen and oxygen atoms in total. The van der Waals surface area contributed by atoms with Gasteiger partial charge in [0, 0.05) is 10.9 Å². The van der Waals surface area contributed by atoms with E-state index >= 15 is 0 Å². The Hall–Kier alpha value is -1.36. The van der Waals surface area contributed by atoms with Crippen molar-refractivity contribution >= 4 is 23.2 Å². The second-order valence-electron chi connectivity index (χ2n) is 4.14. The molecule has 1 amide bonds. The molecule has 0 saturated heterocycles. The van der Waals surface area contributed by atoms with Crippen molar-refractivity contribution < 1.29 is 4.79 Å². The molecule has 2 rings (SSSR count). The van der Waals surface area contributed by atoms with E-state index in [-0.39, 0.29) is 18.0 Å². The number of amides is 1. The summed E-state index contributed by atoms with van der Waals surface area (Å²) >= 11 is 1.58. The predicted octanol–water partition coefficient (Wildman–Crippen LogP) is 1.58. The smallest absolute Gasteiger partial charge is 0.257 e. The van der Waals surface area contributed by atoms with E-state index in [1.807, 2.05) is 32.2 Å². The number of aryl methyl sites for hydroxylation is 1. The van der Waals surface area contributed by atoms with Crippen LogP contribution in [-0.4, -0.2) is 17.9 Å². The quantitative estimate of drug-likeness (QED) is 0.820. The lowest BCUT2D eigenvalue weighted by Crippen LogP contribution is -2.40. The van der Waals surface area contributed by atoms with Crippen molar-refractivity contribution in [2.45, 2.75) is 32.9 Å². The summed E-state index contributed by atoms with van der Waals surface area (Å²) in [7, 11) is 0. The minimum atomic E-state index is -0.374. The summed E-state index contributed by atoms with van der Waals surface area (Å²) in [5.41, 5.74) is 1.12. The van der Waals surface area contributed by atoms with E-state index in [2.05, 4.69) is 15.6 Å². The van der Waals surface area contributed by atoms with Gasteiger partial charge in [0.05, 0.1) is 0 Å². The highest BCUT2D eigenvalue weighted by Crippen LogP contribution is 2.28. The lowest BCUT2D eigenvalue weighted by Gasteiger charge is -2.07. The summed E-state index contributed by atoms with van der Waals surface area (Å²) in [5.74, 6) is 0.534. The molecule has 2 N–H and O–H groups in total. The Balaban J connectivity index is 2.20. The van der Waals surface area contributed by atoms with E-state index in [0.717, 1.165) is 10.4 Å². The van der Waals surface area contributed by atoms with E-state index in [1.165, 1.54) is 0 Å². The molecule has 5 heteroatoms. The number of nitrogens with zero attached hydrogens (tertiary/aromatic N) is 1. The van der Waals surface area contributed by atoms with E-state index < -0.39 is 0 Å². The van der Waals surface area contributed by atoms with Gasteiger partial charge in [0.25, 0.3) is 5.91 Å². The van der Waals surface area contributed by atoms with Gasteiger partial charge >= 0.3 is 0 Å². The molecule has 0 saturated carbocycles. The normalized spacial score (nSPS) is 19.9. The highest BCUT2D eigenvalue weighted by Gasteiger charge is 2.29. The number of thiophene rings is 1. The third kappa shape index (κ3) is 2.09. The van der Waals surface area contributed by atoms with Crippen LogP contribution in [0.3, 0.4) is 0 Å². The third-order valence-corrected chi connectivity index (χ3v) is 3.39. The molecule has 0 spiro atoms. The summed E-state index contributed by atoms with van der Waals surface area (Å²) < 4.78 is 0. The van der Waals surface area contributed by atoms with Gasteiger partial charge in [-0.15, -0.1) is 11.3 Å². The van der Waals surface area contributed by atoms with Gasteiger partial charge in [-0.3, -0.25) is 10.1 Å². The van der Waals surface area contributed by atoms with Gasteiger partial charge in [0.1, 0.15) is 0 Å². The van der Waals surface area contributed by atoms with Crippen molar-refractivity contribution in [1.82, 2.24) is 10.6 Å². The van der Waals surface area contributed by atoms with Crippen LogP contribution in [0.25, 0.3) is 0 Å². The first kappa shape index (κ1) is 11.1. The Labute approximate surface area is 98.8 Å². The third-order valence-electron chi connectivity index (χ3n) is 2.32. The lowest BCUT2D eigenvalue weighted by atomic mass is 10.2. The molecule has 1 aromatic rings. The molecule has 2 heterocycles. The molecule has 1 atom stereocenters. The number of guanidine groups is 1. The van der Waals surface area contributed by atoms with E-state index in [4.69, 9.17) is 0 Å². The number of nitrogens with one attached hydrogen (secondary N) is 2. The predicted molar refractivity (Wildman–Crippen MR) is 65.6 cm³/mol. The lowest BCUT2D eigenvalue weighted by molar-refractivity contribution is -0.120. The molecule has 0 radical (unpaired) electrons. The number of carbonyl (C=O) groups excluding carboxylic acids is 1. The zero-order chi connectivity index (χ0) is 11.7. The second-order valence-corrected chi connectivity index (χ2v) is 5.08. The number of carbonyl (C=O) groups is 1. The largest absolute Gasteiger partial charge is 0.354 e. The van der Waals surface area contributed by atoms with Crippen molar-refractivity contribution in [2.24, 2.45) is 4.99 Å². The summed E-state index contributed by atoms with van der Waals surface area (Å²) in [5, 5.41) is 7.85. The van der Waals surface area contributed by atoms with Gasteiger partial charge in [-0.1, -0.05) is 0 Å². The second kappa shape index (κ2) is 4.25. The Morgan fingerprint density at radius 2 is 2.31 bits per heavy atom. The maximum Gasteiger partial charge on any atom is 0.257 e. The molecule has 0 bridgehead atoms. The van der Waals surface area contributed by atoms with Crippen molar-refractivity contribution in [2.75, 3.05) is 0 Å². The average Bonchev–Trinajstić information content (AvgIpc) is 2.71. The molecule has 0 fully saturated rings. The van der Waals surface area contributed by atoms with E-state index in [1.54, 1.807) is 11.3 Å². The summed E-state index contributed by atoms with van der Waals surface area (Å²) in [4.78, 5) is 17.2. The van der Waals surface area contributed by atoms with Gasteiger partial charge in [0.2, 0.25) is 0 Å². The topological polar surface area (TPSA) is 53.5 Å². The molecule has 16 heavy (non-hydrogen) atoms. The van der Waals surface area contributed by atoms with Crippen LogP contribution in [0.4, 0.5) is 0 Å². The minimum absolute atomic E-state index is 0.0475. The van der Waals surface area contributed by atoms with Crippen molar-refractivity contribution in [3.8, 4) is 0 Å². The molecular weight excluding hydrogens is 222 g/mol. The van der Waals surface area contributed by atoms with Crippen LogP contribution in [0.2, 0.25) is 0 Å². The molecular formula is C11H15N3OS. The molecule has 1 aliphatic heterocycles. The summed E-state index contributed by atoms with van der Waals surface area (Å²) in [6.07, 6.45) is 0. The number of aliphatic imine (C=N–C) groups is 1. The van der Waals surface area contributed by atoms with Crippen LogP contribution in [-0.2, 0) is 4.79 Å². The molecule has 0 aromatic carbocycles. The zero-order valence-electron chi connectivity index (χ0n) is 9.57. The van der Waals surface area contributed by atoms with E-state index in [0.29, 0.717) is 5.96 Å². The first-order valence-electron chi connectivity index (χ1n) is 5.27. The van der Waals surface area contributed by atoms with Crippen molar-refractivity contribution in [3.05, 3.63) is 21.9 Å². The van der Waals surface area contributed by atoms with Crippen LogP contribution < -0.4 is 10.6 Å². The average molecular weight is 237 g/mol. The van der Waals surface area contributed by atoms with Crippen LogP contribution in [0.5, 0.6) is 0 Å². The van der Waals surface area contributed by atoms with Gasteiger partial charge in [-0.2, -0.15) is 0 Å². The molecule has 1 unspecified atom stereocenters. The Kier molecular flexibility index (Phi) is 2.96. The highest BCUT2D eigenvalue weighted by molar-refractivity contribution is 7.10. The van der Waals surface area contributed by atoms with Crippen molar-refractivity contribution in [3.63, 3.8) is 0 Å². The van der Waals surface area contributed by atoms with Gasteiger partial charge in [-0.05, 0) is 37.8 Å². The van der Waals surface area contributed by atoms with Crippen LogP contribution in [0, 0.1) is 6.92 Å². The monoisotopic (exact) mass is 237 g/mol. The maximum atomic E-state index is 11.8. The van der Waals surface area contributed by atoms with E-state index in [9.17, 15) is 4.79 Å². The maximum absolute atomic E-state index is 11.8.